The Kier molecular flexibility index (Phi) is 3.19. The van der Waals surface area contributed by atoms with Crippen molar-refractivity contribution in [3.05, 3.63) is 29.1 Å². The Labute approximate surface area is 80.7 Å². The lowest BCUT2D eigenvalue weighted by molar-refractivity contribution is -0.107. The van der Waals surface area contributed by atoms with Crippen LogP contribution in [0, 0.1) is 17.1 Å². The van der Waals surface area contributed by atoms with Gasteiger partial charge in [-0.25, -0.2) is 4.39 Å². The zero-order valence-electron chi connectivity index (χ0n) is 7.58. The van der Waals surface area contributed by atoms with Gasteiger partial charge in [0.15, 0.2) is 0 Å². The van der Waals surface area contributed by atoms with Crippen molar-refractivity contribution in [1.29, 1.82) is 5.26 Å². The molecule has 1 aromatic carbocycles. The molecule has 3 nitrogen and oxygen atoms in total. The van der Waals surface area contributed by atoms with E-state index in [9.17, 15) is 9.18 Å². The third kappa shape index (κ3) is 1.88. The summed E-state index contributed by atoms with van der Waals surface area (Å²) in [7, 11) is 1.35. The number of methoxy groups -OCH3 is 1. The second-order valence-electron chi connectivity index (χ2n) is 2.64. The number of benzene rings is 1. The number of rotatable bonds is 3. The molecule has 1 aromatic rings. The highest BCUT2D eigenvalue weighted by Gasteiger charge is 2.10. The van der Waals surface area contributed by atoms with Crippen LogP contribution in [0.15, 0.2) is 12.1 Å². The minimum atomic E-state index is -0.663. The Balaban J connectivity index is 3.25. The SMILES string of the molecule is COc1cc(CC=O)cc(F)c1C#N. The molecule has 0 heterocycles. The Morgan fingerprint density at radius 2 is 2.36 bits per heavy atom. The summed E-state index contributed by atoms with van der Waals surface area (Å²) >= 11 is 0. The van der Waals surface area contributed by atoms with Gasteiger partial charge in [-0.05, 0) is 17.7 Å². The van der Waals surface area contributed by atoms with Crippen molar-refractivity contribution in [2.24, 2.45) is 0 Å². The van der Waals surface area contributed by atoms with Crippen molar-refractivity contribution in [1.82, 2.24) is 0 Å². The fourth-order valence-corrected chi connectivity index (χ4v) is 1.12. The number of hydrogen-bond acceptors (Lipinski definition) is 3. The molecule has 1 rings (SSSR count). The van der Waals surface area contributed by atoms with Gasteiger partial charge < -0.3 is 9.53 Å². The van der Waals surface area contributed by atoms with Crippen LogP contribution in [0.3, 0.4) is 0 Å². The number of hydrogen-bond donors (Lipinski definition) is 0. The number of nitrogens with zero attached hydrogens (tertiary/aromatic N) is 1. The number of aldehydes is 1. The third-order valence-corrected chi connectivity index (χ3v) is 1.76. The highest BCUT2D eigenvalue weighted by atomic mass is 19.1. The van der Waals surface area contributed by atoms with Crippen LogP contribution in [0.2, 0.25) is 0 Å². The van der Waals surface area contributed by atoms with Gasteiger partial charge in [0.05, 0.1) is 7.11 Å². The third-order valence-electron chi connectivity index (χ3n) is 1.76. The molecule has 14 heavy (non-hydrogen) atoms. The van der Waals surface area contributed by atoms with Crippen molar-refractivity contribution in [2.75, 3.05) is 7.11 Å². The lowest BCUT2D eigenvalue weighted by Crippen LogP contribution is -1.96. The molecule has 0 saturated heterocycles. The van der Waals surface area contributed by atoms with Crippen molar-refractivity contribution in [2.45, 2.75) is 6.42 Å². The standard InChI is InChI=1S/C10H8FNO2/c1-14-10-5-7(2-3-13)4-9(11)8(10)6-12/h3-5H,2H2,1H3. The molecule has 4 heteroatoms. The maximum atomic E-state index is 13.2. The number of ether oxygens (including phenoxy) is 1. The zero-order chi connectivity index (χ0) is 10.6. The van der Waals surface area contributed by atoms with Crippen LogP contribution in [0.5, 0.6) is 5.75 Å². The summed E-state index contributed by atoms with van der Waals surface area (Å²) in [6.45, 7) is 0. The second-order valence-corrected chi connectivity index (χ2v) is 2.64. The summed E-state index contributed by atoms with van der Waals surface area (Å²) in [5.41, 5.74) is 0.357. The Bertz CT molecular complexity index is 396. The van der Waals surface area contributed by atoms with Crippen molar-refractivity contribution in [3.8, 4) is 11.8 Å². The van der Waals surface area contributed by atoms with Crippen molar-refractivity contribution in [3.63, 3.8) is 0 Å². The van der Waals surface area contributed by atoms with E-state index < -0.39 is 5.82 Å². The maximum absolute atomic E-state index is 13.2. The first-order valence-corrected chi connectivity index (χ1v) is 3.93. The summed E-state index contributed by atoms with van der Waals surface area (Å²) in [6.07, 6.45) is 0.777. The molecule has 0 spiro atoms. The van der Waals surface area contributed by atoms with Crippen LogP contribution in [0.1, 0.15) is 11.1 Å². The fourth-order valence-electron chi connectivity index (χ4n) is 1.12. The van der Waals surface area contributed by atoms with Gasteiger partial charge in [0.2, 0.25) is 0 Å². The number of halogens is 1. The molecule has 0 atom stereocenters. The van der Waals surface area contributed by atoms with Gasteiger partial charge in [-0.1, -0.05) is 0 Å². The van der Waals surface area contributed by atoms with E-state index in [2.05, 4.69) is 0 Å². The summed E-state index contributed by atoms with van der Waals surface area (Å²) < 4.78 is 18.0. The van der Waals surface area contributed by atoms with E-state index in [4.69, 9.17) is 10.00 Å². The minimum absolute atomic E-state index is 0.110. The van der Waals surface area contributed by atoms with E-state index in [0.717, 1.165) is 6.07 Å². The number of nitriles is 1. The summed E-state index contributed by atoms with van der Waals surface area (Å²) in [6, 6.07) is 4.34. The summed E-state index contributed by atoms with van der Waals surface area (Å²) in [4.78, 5) is 10.2. The quantitative estimate of drug-likeness (QED) is 0.682. The van der Waals surface area contributed by atoms with Crippen LogP contribution >= 0.6 is 0 Å². The topological polar surface area (TPSA) is 50.1 Å². The van der Waals surface area contributed by atoms with Gasteiger partial charge in [-0.2, -0.15) is 5.26 Å². The van der Waals surface area contributed by atoms with Gasteiger partial charge in [0, 0.05) is 6.42 Å². The minimum Gasteiger partial charge on any atom is -0.495 e. The van der Waals surface area contributed by atoms with E-state index in [0.29, 0.717) is 11.8 Å². The highest BCUT2D eigenvalue weighted by Crippen LogP contribution is 2.22. The lowest BCUT2D eigenvalue weighted by atomic mass is 10.1. The van der Waals surface area contributed by atoms with E-state index >= 15 is 0 Å². The smallest absolute Gasteiger partial charge is 0.145 e. The molecular formula is C10H8FNO2. The molecular weight excluding hydrogens is 185 g/mol. The van der Waals surface area contributed by atoms with Gasteiger partial charge >= 0.3 is 0 Å². The maximum Gasteiger partial charge on any atom is 0.145 e. The van der Waals surface area contributed by atoms with Crippen LogP contribution in [0.25, 0.3) is 0 Å². The molecule has 0 saturated carbocycles. The Morgan fingerprint density at radius 3 is 2.86 bits per heavy atom. The molecule has 72 valence electrons. The monoisotopic (exact) mass is 193 g/mol. The lowest BCUT2D eigenvalue weighted by Gasteiger charge is -2.05. The molecule has 0 aliphatic heterocycles. The fraction of sp³-hybridized carbons (Fsp3) is 0.200. The Morgan fingerprint density at radius 1 is 1.64 bits per heavy atom. The average molecular weight is 193 g/mol. The van der Waals surface area contributed by atoms with E-state index in [-0.39, 0.29) is 17.7 Å². The molecule has 0 aromatic heterocycles. The predicted molar refractivity (Wildman–Crippen MR) is 47.4 cm³/mol. The first-order valence-electron chi connectivity index (χ1n) is 3.93. The van der Waals surface area contributed by atoms with E-state index in [1.165, 1.54) is 13.2 Å². The zero-order valence-corrected chi connectivity index (χ0v) is 7.58. The second kappa shape index (κ2) is 4.38. The van der Waals surface area contributed by atoms with Crippen LogP contribution < -0.4 is 4.74 Å². The first kappa shape index (κ1) is 10.2. The van der Waals surface area contributed by atoms with E-state index in [1.807, 2.05) is 0 Å². The van der Waals surface area contributed by atoms with Crippen molar-refractivity contribution >= 4 is 6.29 Å². The normalized spacial score (nSPS) is 9.21. The van der Waals surface area contributed by atoms with Crippen LogP contribution in [0.4, 0.5) is 4.39 Å². The number of carbonyl (C=O) groups excluding carboxylic acids is 1. The molecule has 0 aliphatic carbocycles. The predicted octanol–water partition coefficient (Wildman–Crippen LogP) is 1.45. The molecule has 0 aliphatic rings. The summed E-state index contributed by atoms with van der Waals surface area (Å²) in [5, 5.41) is 8.61. The average Bonchev–Trinajstić information content (AvgIpc) is 2.17. The highest BCUT2D eigenvalue weighted by molar-refractivity contribution is 5.57. The Hall–Kier alpha value is -1.89. The van der Waals surface area contributed by atoms with Gasteiger partial charge in [0.25, 0.3) is 0 Å². The molecule has 0 radical (unpaired) electrons. The molecule has 0 bridgehead atoms. The summed E-state index contributed by atoms with van der Waals surface area (Å²) in [5.74, 6) is -0.506. The number of carbonyl (C=O) groups is 1. The van der Waals surface area contributed by atoms with Gasteiger partial charge in [-0.3, -0.25) is 0 Å². The first-order chi connectivity index (χ1) is 6.72. The molecule has 0 fully saturated rings. The molecule has 0 unspecified atom stereocenters. The molecule has 0 amide bonds. The van der Waals surface area contributed by atoms with Crippen LogP contribution in [-0.4, -0.2) is 13.4 Å². The van der Waals surface area contributed by atoms with Gasteiger partial charge in [0.1, 0.15) is 29.5 Å². The van der Waals surface area contributed by atoms with Gasteiger partial charge in [-0.15, -0.1) is 0 Å². The van der Waals surface area contributed by atoms with E-state index in [1.54, 1.807) is 6.07 Å². The molecule has 0 N–H and O–H groups in total. The van der Waals surface area contributed by atoms with Crippen LogP contribution in [-0.2, 0) is 11.2 Å². The van der Waals surface area contributed by atoms with Crippen molar-refractivity contribution < 1.29 is 13.9 Å². The largest absolute Gasteiger partial charge is 0.495 e.